The lowest BCUT2D eigenvalue weighted by atomic mass is 10.2. The van der Waals surface area contributed by atoms with Gasteiger partial charge in [0.05, 0.1) is 24.8 Å². The minimum Gasteiger partial charge on any atom is -0.494 e. The molecular formula is C16H23N3O2. The van der Waals surface area contributed by atoms with Crippen molar-refractivity contribution in [3.63, 3.8) is 0 Å². The Kier molecular flexibility index (Phi) is 7.27. The second-order valence-corrected chi connectivity index (χ2v) is 5.30. The molecule has 114 valence electrons. The minimum absolute atomic E-state index is 0.0372. The van der Waals surface area contributed by atoms with Gasteiger partial charge in [-0.3, -0.25) is 9.69 Å². The first-order chi connectivity index (χ1) is 10.0. The van der Waals surface area contributed by atoms with Crippen molar-refractivity contribution < 1.29 is 9.53 Å². The highest BCUT2D eigenvalue weighted by Crippen LogP contribution is 2.12. The molecule has 0 saturated carbocycles. The summed E-state index contributed by atoms with van der Waals surface area (Å²) in [5.41, 5.74) is 0.593. The van der Waals surface area contributed by atoms with Crippen LogP contribution in [0.15, 0.2) is 24.3 Å². The Morgan fingerprint density at radius 1 is 1.48 bits per heavy atom. The molecule has 0 saturated heterocycles. The lowest BCUT2D eigenvalue weighted by molar-refractivity contribution is -0.122. The van der Waals surface area contributed by atoms with Crippen LogP contribution >= 0.6 is 0 Å². The van der Waals surface area contributed by atoms with Gasteiger partial charge < -0.3 is 10.1 Å². The van der Waals surface area contributed by atoms with Gasteiger partial charge in [0.1, 0.15) is 5.75 Å². The predicted octanol–water partition coefficient (Wildman–Crippen LogP) is 1.78. The van der Waals surface area contributed by atoms with Gasteiger partial charge in [0, 0.05) is 12.6 Å². The molecule has 0 radical (unpaired) electrons. The zero-order chi connectivity index (χ0) is 15.7. The number of carbonyl (C=O) groups excluding carboxylic acids is 1. The van der Waals surface area contributed by atoms with Gasteiger partial charge in [0.25, 0.3) is 0 Å². The monoisotopic (exact) mass is 289 g/mol. The summed E-state index contributed by atoms with van der Waals surface area (Å²) in [6.45, 7) is 5.62. The van der Waals surface area contributed by atoms with Crippen molar-refractivity contribution >= 4 is 5.91 Å². The third-order valence-corrected chi connectivity index (χ3v) is 2.78. The highest BCUT2D eigenvalue weighted by Gasteiger charge is 2.07. The third-order valence-electron chi connectivity index (χ3n) is 2.78. The Morgan fingerprint density at radius 2 is 2.24 bits per heavy atom. The van der Waals surface area contributed by atoms with E-state index in [0.29, 0.717) is 24.5 Å². The van der Waals surface area contributed by atoms with E-state index in [-0.39, 0.29) is 11.9 Å². The SMILES string of the molecule is CC(C)NC(=O)CN(C)CCCOc1cccc(C#N)c1. The molecule has 1 aromatic carbocycles. The molecular weight excluding hydrogens is 266 g/mol. The number of ether oxygens (including phenoxy) is 1. The summed E-state index contributed by atoms with van der Waals surface area (Å²) in [5.74, 6) is 0.740. The molecule has 0 aliphatic rings. The van der Waals surface area contributed by atoms with Crippen LogP contribution in [0.2, 0.25) is 0 Å². The summed E-state index contributed by atoms with van der Waals surface area (Å²) < 4.78 is 5.59. The van der Waals surface area contributed by atoms with E-state index in [2.05, 4.69) is 11.4 Å². The quantitative estimate of drug-likeness (QED) is 0.741. The number of rotatable bonds is 8. The molecule has 0 bridgehead atoms. The number of carbonyl (C=O) groups is 1. The van der Waals surface area contributed by atoms with E-state index in [4.69, 9.17) is 10.00 Å². The Hall–Kier alpha value is -2.06. The molecule has 1 aromatic rings. The maximum absolute atomic E-state index is 11.6. The Morgan fingerprint density at radius 3 is 2.90 bits per heavy atom. The van der Waals surface area contributed by atoms with Gasteiger partial charge in [0.2, 0.25) is 5.91 Å². The van der Waals surface area contributed by atoms with E-state index in [1.165, 1.54) is 0 Å². The summed E-state index contributed by atoms with van der Waals surface area (Å²) in [6.07, 6.45) is 0.822. The van der Waals surface area contributed by atoms with Crippen molar-refractivity contribution in [1.29, 1.82) is 5.26 Å². The number of nitrogens with one attached hydrogen (secondary N) is 1. The topological polar surface area (TPSA) is 65.4 Å². The first-order valence-corrected chi connectivity index (χ1v) is 7.12. The van der Waals surface area contributed by atoms with Crippen molar-refractivity contribution in [1.82, 2.24) is 10.2 Å². The summed E-state index contributed by atoms with van der Waals surface area (Å²) in [5, 5.41) is 11.7. The van der Waals surface area contributed by atoms with Crippen molar-refractivity contribution in [3.05, 3.63) is 29.8 Å². The molecule has 1 amide bonds. The number of hydrogen-bond donors (Lipinski definition) is 1. The lowest BCUT2D eigenvalue weighted by Crippen LogP contribution is -2.39. The Balaban J connectivity index is 2.21. The zero-order valence-corrected chi connectivity index (χ0v) is 12.9. The molecule has 0 aromatic heterocycles. The number of nitrogens with zero attached hydrogens (tertiary/aromatic N) is 2. The number of amides is 1. The van der Waals surface area contributed by atoms with Gasteiger partial charge in [-0.15, -0.1) is 0 Å². The molecule has 1 N–H and O–H groups in total. The van der Waals surface area contributed by atoms with Gasteiger partial charge >= 0.3 is 0 Å². The molecule has 0 atom stereocenters. The second kappa shape index (κ2) is 8.98. The van der Waals surface area contributed by atoms with Gasteiger partial charge in [-0.25, -0.2) is 0 Å². The van der Waals surface area contributed by atoms with Crippen LogP contribution in [0, 0.1) is 11.3 Å². The second-order valence-electron chi connectivity index (χ2n) is 5.30. The van der Waals surface area contributed by atoms with Crippen LogP contribution in [0.4, 0.5) is 0 Å². The van der Waals surface area contributed by atoms with E-state index in [1.54, 1.807) is 18.2 Å². The van der Waals surface area contributed by atoms with Crippen LogP contribution in [-0.2, 0) is 4.79 Å². The molecule has 5 nitrogen and oxygen atoms in total. The van der Waals surface area contributed by atoms with Crippen LogP contribution in [0.3, 0.4) is 0 Å². The molecule has 0 heterocycles. The summed E-state index contributed by atoms with van der Waals surface area (Å²) in [4.78, 5) is 13.5. The summed E-state index contributed by atoms with van der Waals surface area (Å²) in [6, 6.07) is 9.35. The van der Waals surface area contributed by atoms with Crippen LogP contribution in [0.1, 0.15) is 25.8 Å². The standard InChI is InChI=1S/C16H23N3O2/c1-13(2)18-16(20)12-19(3)8-5-9-21-15-7-4-6-14(10-15)11-17/h4,6-7,10,13H,5,8-9,12H2,1-3H3,(H,18,20). The Labute approximate surface area is 126 Å². The third kappa shape index (κ3) is 7.33. The van der Waals surface area contributed by atoms with Gasteiger partial charge in [-0.2, -0.15) is 5.26 Å². The number of hydrogen-bond acceptors (Lipinski definition) is 4. The normalized spacial score (nSPS) is 10.5. The van der Waals surface area contributed by atoms with Crippen LogP contribution in [0.5, 0.6) is 5.75 Å². The van der Waals surface area contributed by atoms with E-state index < -0.39 is 0 Å². The molecule has 21 heavy (non-hydrogen) atoms. The first kappa shape index (κ1) is 17.0. The van der Waals surface area contributed by atoms with Gasteiger partial charge in [0.15, 0.2) is 0 Å². The lowest BCUT2D eigenvalue weighted by Gasteiger charge is -2.17. The highest BCUT2D eigenvalue weighted by atomic mass is 16.5. The maximum atomic E-state index is 11.6. The fraction of sp³-hybridized carbons (Fsp3) is 0.500. The van der Waals surface area contributed by atoms with Crippen LogP contribution in [-0.4, -0.2) is 43.6 Å². The molecule has 0 unspecified atom stereocenters. The molecule has 0 aliphatic heterocycles. The van der Waals surface area contributed by atoms with Crippen LogP contribution < -0.4 is 10.1 Å². The molecule has 5 heteroatoms. The van der Waals surface area contributed by atoms with E-state index in [1.807, 2.05) is 31.9 Å². The molecule has 0 fully saturated rings. The van der Waals surface area contributed by atoms with Gasteiger partial charge in [-0.1, -0.05) is 6.07 Å². The first-order valence-electron chi connectivity index (χ1n) is 7.12. The Bertz CT molecular complexity index is 495. The highest BCUT2D eigenvalue weighted by molar-refractivity contribution is 5.78. The smallest absolute Gasteiger partial charge is 0.234 e. The zero-order valence-electron chi connectivity index (χ0n) is 12.9. The molecule has 1 rings (SSSR count). The van der Waals surface area contributed by atoms with E-state index in [9.17, 15) is 4.79 Å². The van der Waals surface area contributed by atoms with Crippen molar-refractivity contribution in [2.24, 2.45) is 0 Å². The van der Waals surface area contributed by atoms with Crippen molar-refractivity contribution in [3.8, 4) is 11.8 Å². The van der Waals surface area contributed by atoms with E-state index >= 15 is 0 Å². The van der Waals surface area contributed by atoms with Crippen LogP contribution in [0.25, 0.3) is 0 Å². The summed E-state index contributed by atoms with van der Waals surface area (Å²) >= 11 is 0. The predicted molar refractivity (Wildman–Crippen MR) is 82.0 cm³/mol. The fourth-order valence-corrected chi connectivity index (χ4v) is 1.87. The number of benzene rings is 1. The largest absolute Gasteiger partial charge is 0.494 e. The number of likely N-dealkylation sites (N-methyl/N-ethyl adjacent to an activating group) is 1. The van der Waals surface area contributed by atoms with Crippen molar-refractivity contribution in [2.45, 2.75) is 26.3 Å². The minimum atomic E-state index is 0.0372. The fourth-order valence-electron chi connectivity index (χ4n) is 1.87. The average Bonchev–Trinajstić information content (AvgIpc) is 2.43. The molecule has 0 spiro atoms. The maximum Gasteiger partial charge on any atom is 0.234 e. The average molecular weight is 289 g/mol. The van der Waals surface area contributed by atoms with E-state index in [0.717, 1.165) is 13.0 Å². The van der Waals surface area contributed by atoms with Gasteiger partial charge in [-0.05, 0) is 45.5 Å². The van der Waals surface area contributed by atoms with Crippen molar-refractivity contribution in [2.75, 3.05) is 26.7 Å². The number of nitriles is 1. The summed E-state index contributed by atoms with van der Waals surface area (Å²) in [7, 11) is 1.91. The molecule has 0 aliphatic carbocycles.